The minimum Gasteiger partial charge on any atom is -0.497 e. The lowest BCUT2D eigenvalue weighted by molar-refractivity contribution is -0.148. The molecular formula is C14H16O5. The largest absolute Gasteiger partial charge is 0.497 e. The maximum absolute atomic E-state index is 11.8. The Morgan fingerprint density at radius 3 is 2.84 bits per heavy atom. The number of esters is 1. The molecule has 1 aromatic rings. The summed E-state index contributed by atoms with van der Waals surface area (Å²) in [5, 5.41) is 10.2. The van der Waals surface area contributed by atoms with E-state index in [4.69, 9.17) is 14.2 Å². The average Bonchev–Trinajstić information content (AvgIpc) is 2.36. The zero-order chi connectivity index (χ0) is 14.0. The van der Waals surface area contributed by atoms with Crippen LogP contribution in [-0.4, -0.2) is 30.6 Å². The van der Waals surface area contributed by atoms with E-state index in [1.165, 1.54) is 6.92 Å². The second-order valence-electron chi connectivity index (χ2n) is 4.27. The van der Waals surface area contributed by atoms with Gasteiger partial charge < -0.3 is 19.3 Å². The van der Waals surface area contributed by atoms with E-state index in [0.717, 1.165) is 0 Å². The number of fused-ring (bicyclic) bond motifs is 1. The molecule has 0 saturated heterocycles. The highest BCUT2D eigenvalue weighted by molar-refractivity contribution is 5.96. The third-order valence-electron chi connectivity index (χ3n) is 2.82. The molecule has 0 spiro atoms. The number of aliphatic hydroxyl groups is 1. The van der Waals surface area contributed by atoms with E-state index in [9.17, 15) is 9.90 Å². The van der Waals surface area contributed by atoms with Crippen LogP contribution < -0.4 is 9.47 Å². The first kappa shape index (κ1) is 13.4. The minimum absolute atomic E-state index is 0.0759. The quantitative estimate of drug-likeness (QED) is 0.842. The zero-order valence-electron chi connectivity index (χ0n) is 11.1. The van der Waals surface area contributed by atoms with Crippen molar-refractivity contribution in [3.8, 4) is 11.5 Å². The summed E-state index contributed by atoms with van der Waals surface area (Å²) in [7, 11) is 1.54. The van der Waals surface area contributed by atoms with Crippen molar-refractivity contribution >= 4 is 12.0 Å². The van der Waals surface area contributed by atoms with Gasteiger partial charge in [0.2, 0.25) is 5.79 Å². The molecule has 2 rings (SSSR count). The minimum atomic E-state index is -1.72. The molecule has 1 aliphatic rings. The predicted octanol–water partition coefficient (Wildman–Crippen LogP) is 1.74. The van der Waals surface area contributed by atoms with E-state index in [-0.39, 0.29) is 12.2 Å². The summed E-state index contributed by atoms with van der Waals surface area (Å²) in [6, 6.07) is 5.16. The SMILES string of the molecule is CCOC(=O)C1=Cc2ccc(OC)cc2OC1(C)O. The fourth-order valence-electron chi connectivity index (χ4n) is 1.86. The Bertz CT molecular complexity index is 531. The summed E-state index contributed by atoms with van der Waals surface area (Å²) in [6.07, 6.45) is 1.57. The van der Waals surface area contributed by atoms with E-state index < -0.39 is 11.8 Å². The van der Waals surface area contributed by atoms with Crippen LogP contribution in [0.2, 0.25) is 0 Å². The molecular weight excluding hydrogens is 248 g/mol. The number of rotatable bonds is 3. The zero-order valence-corrected chi connectivity index (χ0v) is 11.1. The van der Waals surface area contributed by atoms with Crippen LogP contribution in [0.15, 0.2) is 23.8 Å². The monoisotopic (exact) mass is 264 g/mol. The molecule has 1 unspecified atom stereocenters. The molecule has 19 heavy (non-hydrogen) atoms. The standard InChI is InChI=1S/C14H16O5/c1-4-18-13(15)11-7-9-5-6-10(17-3)8-12(9)19-14(11,2)16/h5-8,16H,4H2,1-3H3. The second-order valence-corrected chi connectivity index (χ2v) is 4.27. The number of benzene rings is 1. The molecule has 0 saturated carbocycles. The summed E-state index contributed by atoms with van der Waals surface area (Å²) in [5.74, 6) is -1.24. The Hall–Kier alpha value is -2.01. The molecule has 0 fully saturated rings. The first-order valence-electron chi connectivity index (χ1n) is 5.96. The van der Waals surface area contributed by atoms with E-state index in [0.29, 0.717) is 17.1 Å². The van der Waals surface area contributed by atoms with Crippen LogP contribution in [-0.2, 0) is 9.53 Å². The highest BCUT2D eigenvalue weighted by Crippen LogP contribution is 2.36. The number of hydrogen-bond acceptors (Lipinski definition) is 5. The molecule has 5 heteroatoms. The van der Waals surface area contributed by atoms with Crippen molar-refractivity contribution in [2.45, 2.75) is 19.6 Å². The smallest absolute Gasteiger partial charge is 0.340 e. The van der Waals surface area contributed by atoms with Gasteiger partial charge in [-0.3, -0.25) is 0 Å². The molecule has 0 bridgehead atoms. The van der Waals surface area contributed by atoms with Gasteiger partial charge >= 0.3 is 5.97 Å². The molecule has 102 valence electrons. The summed E-state index contributed by atoms with van der Waals surface area (Å²) in [5.41, 5.74) is 0.766. The molecule has 1 aromatic carbocycles. The van der Waals surface area contributed by atoms with Crippen molar-refractivity contribution in [2.75, 3.05) is 13.7 Å². The van der Waals surface area contributed by atoms with Crippen LogP contribution in [0.4, 0.5) is 0 Å². The molecule has 0 aliphatic carbocycles. The van der Waals surface area contributed by atoms with Gasteiger partial charge in [0.15, 0.2) is 0 Å². The second kappa shape index (κ2) is 4.93. The van der Waals surface area contributed by atoms with Gasteiger partial charge in [0, 0.05) is 18.6 Å². The maximum Gasteiger partial charge on any atom is 0.340 e. The van der Waals surface area contributed by atoms with Crippen molar-refractivity contribution < 1.29 is 24.1 Å². The van der Waals surface area contributed by atoms with Crippen molar-refractivity contribution in [3.05, 3.63) is 29.3 Å². The number of hydrogen-bond donors (Lipinski definition) is 1. The highest BCUT2D eigenvalue weighted by Gasteiger charge is 2.38. The number of methoxy groups -OCH3 is 1. The fourth-order valence-corrected chi connectivity index (χ4v) is 1.86. The third kappa shape index (κ3) is 2.56. The predicted molar refractivity (Wildman–Crippen MR) is 68.9 cm³/mol. The topological polar surface area (TPSA) is 65.0 Å². The normalized spacial score (nSPS) is 20.9. The van der Waals surface area contributed by atoms with Gasteiger partial charge in [0.1, 0.15) is 17.1 Å². The van der Waals surface area contributed by atoms with Gasteiger partial charge in [-0.1, -0.05) is 0 Å². The lowest BCUT2D eigenvalue weighted by atomic mass is 10.00. The fraction of sp³-hybridized carbons (Fsp3) is 0.357. The Balaban J connectivity index is 2.43. The van der Waals surface area contributed by atoms with Crippen LogP contribution in [0.5, 0.6) is 11.5 Å². The summed E-state index contributed by atoms with van der Waals surface area (Å²) in [4.78, 5) is 11.8. The molecule has 1 heterocycles. The van der Waals surface area contributed by atoms with Gasteiger partial charge in [0.25, 0.3) is 0 Å². The Labute approximate surface area is 111 Å². The van der Waals surface area contributed by atoms with Crippen molar-refractivity contribution in [1.29, 1.82) is 0 Å². The van der Waals surface area contributed by atoms with Gasteiger partial charge in [-0.2, -0.15) is 0 Å². The Kier molecular flexibility index (Phi) is 3.48. The van der Waals surface area contributed by atoms with Crippen molar-refractivity contribution in [3.63, 3.8) is 0 Å². The third-order valence-corrected chi connectivity index (χ3v) is 2.82. The van der Waals surface area contributed by atoms with E-state index in [1.807, 2.05) is 0 Å². The molecule has 0 aromatic heterocycles. The van der Waals surface area contributed by atoms with E-state index >= 15 is 0 Å². The van der Waals surface area contributed by atoms with Crippen molar-refractivity contribution in [2.24, 2.45) is 0 Å². The van der Waals surface area contributed by atoms with Crippen molar-refractivity contribution in [1.82, 2.24) is 0 Å². The Morgan fingerprint density at radius 2 is 2.21 bits per heavy atom. The van der Waals surface area contributed by atoms with Gasteiger partial charge in [-0.05, 0) is 25.1 Å². The number of carbonyl (C=O) groups is 1. The van der Waals surface area contributed by atoms with Crippen LogP contribution in [0, 0.1) is 0 Å². The first-order valence-corrected chi connectivity index (χ1v) is 5.96. The number of carbonyl (C=O) groups excluding carboxylic acids is 1. The van der Waals surface area contributed by atoms with Crippen LogP contribution in [0.25, 0.3) is 6.08 Å². The van der Waals surface area contributed by atoms with Crippen LogP contribution in [0.3, 0.4) is 0 Å². The van der Waals surface area contributed by atoms with Crippen LogP contribution in [0.1, 0.15) is 19.4 Å². The average molecular weight is 264 g/mol. The molecule has 1 atom stereocenters. The lowest BCUT2D eigenvalue weighted by Gasteiger charge is -2.31. The summed E-state index contributed by atoms with van der Waals surface area (Å²) < 4.78 is 15.4. The molecule has 1 N–H and O–H groups in total. The van der Waals surface area contributed by atoms with Gasteiger partial charge in [-0.25, -0.2) is 4.79 Å². The summed E-state index contributed by atoms with van der Waals surface area (Å²) >= 11 is 0. The first-order chi connectivity index (χ1) is 8.97. The Morgan fingerprint density at radius 1 is 1.47 bits per heavy atom. The number of ether oxygens (including phenoxy) is 3. The lowest BCUT2D eigenvalue weighted by Crippen LogP contribution is -2.40. The molecule has 0 radical (unpaired) electrons. The van der Waals surface area contributed by atoms with Crippen LogP contribution >= 0.6 is 0 Å². The van der Waals surface area contributed by atoms with Gasteiger partial charge in [-0.15, -0.1) is 0 Å². The van der Waals surface area contributed by atoms with Gasteiger partial charge in [0.05, 0.1) is 13.7 Å². The molecule has 0 amide bonds. The molecule has 5 nitrogen and oxygen atoms in total. The van der Waals surface area contributed by atoms with E-state index in [2.05, 4.69) is 0 Å². The van der Waals surface area contributed by atoms with E-state index in [1.54, 1.807) is 38.3 Å². The summed E-state index contributed by atoms with van der Waals surface area (Å²) in [6.45, 7) is 3.34. The molecule has 1 aliphatic heterocycles. The maximum atomic E-state index is 11.8. The highest BCUT2D eigenvalue weighted by atomic mass is 16.6.